The van der Waals surface area contributed by atoms with Crippen LogP contribution >= 0.6 is 24.8 Å². The molecule has 0 radical (unpaired) electrons. The molecule has 9 rings (SSSR count). The van der Waals surface area contributed by atoms with Crippen LogP contribution in [0.25, 0.3) is 0 Å². The molecule has 15 N–H and O–H groups in total. The maximum absolute atomic E-state index is 13.7. The summed E-state index contributed by atoms with van der Waals surface area (Å²) in [4.78, 5) is 108. The fraction of sp³-hybridized carbons (Fsp3) is 0.462. The molecule has 8 atom stereocenters. The van der Waals surface area contributed by atoms with E-state index in [1.165, 1.54) is 21.9 Å². The van der Waals surface area contributed by atoms with Crippen LogP contribution in [0.2, 0.25) is 0 Å². The van der Waals surface area contributed by atoms with Crippen molar-refractivity contribution >= 4 is 83.0 Å². The number of phenolic OH excluding ortho intramolecular Hbond substituents is 2. The van der Waals surface area contributed by atoms with Crippen molar-refractivity contribution in [2.24, 2.45) is 35.1 Å². The summed E-state index contributed by atoms with van der Waals surface area (Å²) in [7, 11) is 6.28. The number of anilines is 2. The van der Waals surface area contributed by atoms with E-state index in [-0.39, 0.29) is 103 Å². The van der Waals surface area contributed by atoms with Gasteiger partial charge >= 0.3 is 0 Å². The van der Waals surface area contributed by atoms with E-state index in [9.17, 15) is 79.2 Å². The van der Waals surface area contributed by atoms with Crippen molar-refractivity contribution in [3.63, 3.8) is 0 Å². The lowest BCUT2D eigenvalue weighted by molar-refractivity contribution is -0.149. The van der Waals surface area contributed by atoms with Crippen LogP contribution in [0.1, 0.15) is 64.4 Å². The highest BCUT2D eigenvalue weighted by Crippen LogP contribution is 2.55. The van der Waals surface area contributed by atoms with Crippen molar-refractivity contribution in [1.29, 1.82) is 0 Å². The zero-order valence-corrected chi connectivity index (χ0v) is 44.8. The summed E-state index contributed by atoms with van der Waals surface area (Å²) in [5, 5.41) is 97.3. The molecule has 24 nitrogen and oxygen atoms in total. The summed E-state index contributed by atoms with van der Waals surface area (Å²) < 4.78 is 0. The van der Waals surface area contributed by atoms with E-state index in [1.807, 2.05) is 11.8 Å². The second kappa shape index (κ2) is 22.5. The molecular weight excluding hydrogens is 1060 g/mol. The number of nitrogens with zero attached hydrogens (tertiary/aromatic N) is 3. The number of carbonyl (C=O) groups is 8. The van der Waals surface area contributed by atoms with Crippen LogP contribution in [0.3, 0.4) is 0 Å². The average Bonchev–Trinajstić information content (AvgIpc) is 3.91. The highest BCUT2D eigenvalue weighted by Gasteiger charge is 2.65. The Hall–Kier alpha value is -6.90. The lowest BCUT2D eigenvalue weighted by Gasteiger charge is -2.50. The number of aliphatic hydroxyl groups is 6. The monoisotopic (exact) mass is 1130 g/mol. The predicted molar refractivity (Wildman–Crippen MR) is 283 cm³/mol. The number of allylic oxidation sites excluding steroid dienone is 2. The molecule has 4 amide bonds. The molecule has 2 aromatic carbocycles. The topological polar surface area (TPSA) is 396 Å². The number of hydrogen-bond donors (Lipinski definition) is 13. The molecular formula is C52H64Cl2N8O16. The molecule has 0 spiro atoms. The Balaban J connectivity index is 0.000000246. The first kappa shape index (κ1) is 60.3. The van der Waals surface area contributed by atoms with E-state index in [1.54, 1.807) is 40.3 Å². The molecule has 78 heavy (non-hydrogen) atoms. The fourth-order valence-corrected chi connectivity index (χ4v) is 12.4. The van der Waals surface area contributed by atoms with Gasteiger partial charge in [-0.15, -0.1) is 24.8 Å². The maximum atomic E-state index is 13.7. The lowest BCUT2D eigenvalue weighted by Crippen LogP contribution is -2.63. The minimum absolute atomic E-state index is 0. The van der Waals surface area contributed by atoms with Crippen LogP contribution in [0.5, 0.6) is 11.5 Å². The number of likely N-dealkylation sites (tertiary alicyclic amines) is 1. The van der Waals surface area contributed by atoms with Crippen molar-refractivity contribution in [2.45, 2.75) is 68.7 Å². The number of rotatable bonds is 11. The smallest absolute Gasteiger partial charge is 0.255 e. The number of nitrogens with one attached hydrogen (secondary N) is 3. The third kappa shape index (κ3) is 9.66. The highest BCUT2D eigenvalue weighted by atomic mass is 35.5. The number of halogens is 2. The van der Waals surface area contributed by atoms with E-state index >= 15 is 0 Å². The van der Waals surface area contributed by atoms with Crippen LogP contribution in [-0.4, -0.2) is 187 Å². The third-order valence-electron chi connectivity index (χ3n) is 15.8. The second-order valence-corrected chi connectivity index (χ2v) is 20.8. The third-order valence-corrected chi connectivity index (χ3v) is 15.8. The van der Waals surface area contributed by atoms with Gasteiger partial charge in [-0.2, -0.15) is 0 Å². The minimum atomic E-state index is -2.70. The van der Waals surface area contributed by atoms with E-state index in [0.717, 1.165) is 25.9 Å². The van der Waals surface area contributed by atoms with Crippen LogP contribution in [0.15, 0.2) is 69.6 Å². The highest BCUT2D eigenvalue weighted by molar-refractivity contribution is 6.26. The number of aliphatic hydroxyl groups excluding tert-OH is 4. The Morgan fingerprint density at radius 1 is 0.641 bits per heavy atom. The molecule has 1 fully saturated rings. The molecule has 1 aliphatic heterocycles. The van der Waals surface area contributed by atoms with Gasteiger partial charge in [0.15, 0.2) is 34.3 Å². The van der Waals surface area contributed by atoms with Gasteiger partial charge in [0.1, 0.15) is 34.2 Å². The van der Waals surface area contributed by atoms with Gasteiger partial charge in [-0.05, 0) is 121 Å². The number of aromatic hydroxyl groups is 2. The molecule has 6 unspecified atom stereocenters. The van der Waals surface area contributed by atoms with Crippen molar-refractivity contribution in [1.82, 2.24) is 20.0 Å². The van der Waals surface area contributed by atoms with Crippen LogP contribution in [0.4, 0.5) is 11.4 Å². The maximum Gasteiger partial charge on any atom is 0.255 e. The number of likely N-dealkylation sites (N-methyl/N-ethyl adjacent to an activating group) is 3. The summed E-state index contributed by atoms with van der Waals surface area (Å²) in [6.07, 6.45) is 2.40. The average molecular weight is 1130 g/mol. The summed E-state index contributed by atoms with van der Waals surface area (Å²) >= 11 is 0. The van der Waals surface area contributed by atoms with Gasteiger partial charge in [0.25, 0.3) is 11.8 Å². The summed E-state index contributed by atoms with van der Waals surface area (Å²) in [5.41, 5.74) is 3.71. The number of hydrogen-bond acceptors (Lipinski definition) is 20. The molecule has 1 saturated heterocycles. The van der Waals surface area contributed by atoms with Crippen molar-refractivity contribution < 1.29 is 79.2 Å². The number of phenols is 2. The van der Waals surface area contributed by atoms with E-state index < -0.39 is 133 Å². The molecule has 7 aliphatic rings. The number of amides is 4. The molecule has 26 heteroatoms. The number of carbonyl (C=O) groups excluding carboxylic acids is 8. The SMILES string of the molecule is CCNCC(=O)Nc1ccc2c(c1O)C(=O)C1=C(O)C3(O)C(=O)C(C(N)=O)=C(O)[C@@H](N(C)C)C3CC1C2.CN(C)[C@@H]1C(O)=C(C(N)=O)C(=O)C2(O)C(O)=C3C(=O)c4c(ccc(NC(=O)CN5CCCC5)c4O)CC3CC12.Cl.Cl. The number of Topliss-reactive ketones (excluding diaryl/α,β-unsaturated/α-hetero) is 4. The Morgan fingerprint density at radius 2 is 1.03 bits per heavy atom. The number of primary amides is 2. The Morgan fingerprint density at radius 3 is 1.38 bits per heavy atom. The predicted octanol–water partition coefficient (Wildman–Crippen LogP) is 0.667. The van der Waals surface area contributed by atoms with Crippen LogP contribution < -0.4 is 27.4 Å². The van der Waals surface area contributed by atoms with E-state index in [2.05, 4.69) is 16.0 Å². The standard InChI is InChI=1S/C27H32N4O8.C25H30N4O8.2ClH/c1-30(2)20-14-10-13-9-12-5-6-15(29-16(32)11-31-7-3-4-8-31)21(33)17(12)22(34)18(13)24(36)27(14,39)25(37)19(23(20)35)26(28)38;1-4-27-9-14(30)28-13-6-5-10-7-11-8-12-18(29(2)3)21(33)17(24(26)36)23(35)25(12,37)22(34)16(11)20(32)15(10)19(13)31;;/h5-6,13-14,20,33,35-36,39H,3-4,7-11H2,1-2H3,(H2,28,38)(H,29,32);5-6,11-12,18,27,31,33-34,37H,4,7-9H2,1-3H3,(H2,26,36)(H,28,30);2*1H/t13?,14?,20-,27?;11?,12?,18-,25?;;/m00../s1. The van der Waals surface area contributed by atoms with Gasteiger partial charge in [-0.1, -0.05) is 19.1 Å². The van der Waals surface area contributed by atoms with Gasteiger partial charge in [0.05, 0.1) is 47.7 Å². The Kier molecular flexibility index (Phi) is 17.4. The van der Waals surface area contributed by atoms with Gasteiger partial charge in [0.2, 0.25) is 23.4 Å². The Labute approximate surface area is 459 Å². The van der Waals surface area contributed by atoms with Crippen molar-refractivity contribution in [3.05, 3.63) is 91.8 Å². The Bertz CT molecular complexity index is 3060. The van der Waals surface area contributed by atoms with E-state index in [0.29, 0.717) is 17.7 Å². The lowest BCUT2D eigenvalue weighted by atomic mass is 9.58. The molecule has 2 aromatic rings. The largest absolute Gasteiger partial charge is 0.510 e. The van der Waals surface area contributed by atoms with E-state index in [4.69, 9.17) is 11.5 Å². The van der Waals surface area contributed by atoms with Crippen LogP contribution in [-0.2, 0) is 41.6 Å². The number of benzene rings is 2. The first-order chi connectivity index (χ1) is 35.7. The van der Waals surface area contributed by atoms with Gasteiger partial charge < -0.3 is 68.3 Å². The van der Waals surface area contributed by atoms with Gasteiger partial charge in [-0.25, -0.2) is 0 Å². The van der Waals surface area contributed by atoms with Crippen LogP contribution in [0, 0.1) is 23.7 Å². The molecule has 0 saturated carbocycles. The zero-order valence-electron chi connectivity index (χ0n) is 43.2. The second-order valence-electron chi connectivity index (χ2n) is 20.8. The molecule has 0 aromatic heterocycles. The number of ketones is 4. The summed E-state index contributed by atoms with van der Waals surface area (Å²) in [6.45, 7) is 4.12. The zero-order chi connectivity index (χ0) is 55.8. The quantitative estimate of drug-likeness (QED) is 0.109. The number of fused-ring (bicyclic) bond motifs is 6. The molecule has 422 valence electrons. The summed E-state index contributed by atoms with van der Waals surface area (Å²) in [5.74, 6) is -15.1. The fourth-order valence-electron chi connectivity index (χ4n) is 12.4. The molecule has 0 bridgehead atoms. The summed E-state index contributed by atoms with van der Waals surface area (Å²) in [6, 6.07) is 4.09. The van der Waals surface area contributed by atoms with Gasteiger partial charge in [-0.3, -0.25) is 53.1 Å². The van der Waals surface area contributed by atoms with Gasteiger partial charge in [0, 0.05) is 23.0 Å². The van der Waals surface area contributed by atoms with Crippen molar-refractivity contribution in [2.75, 3.05) is 71.5 Å². The van der Waals surface area contributed by atoms with Crippen molar-refractivity contribution in [3.8, 4) is 11.5 Å². The molecule has 1 heterocycles. The first-order valence-electron chi connectivity index (χ1n) is 24.8. The first-order valence-corrected chi connectivity index (χ1v) is 24.8. The minimum Gasteiger partial charge on any atom is -0.510 e. The number of nitrogens with two attached hydrogens (primary N) is 2. The normalized spacial score (nSPS) is 27.3. The molecule has 6 aliphatic carbocycles.